The van der Waals surface area contributed by atoms with Gasteiger partial charge in [0, 0.05) is 18.9 Å². The molecule has 0 fully saturated rings. The van der Waals surface area contributed by atoms with Gasteiger partial charge in [-0.25, -0.2) is 4.39 Å². The number of unbranched alkanes of at least 4 members (excludes halogenated alkanes) is 1. The Morgan fingerprint density at radius 1 is 1.12 bits per heavy atom. The predicted octanol–water partition coefficient (Wildman–Crippen LogP) is 5.20. The third-order valence-electron chi connectivity index (χ3n) is 3.80. The van der Waals surface area contributed by atoms with Crippen LogP contribution in [0, 0.1) is 18.2 Å². The molecule has 4 heteroatoms. The van der Waals surface area contributed by atoms with E-state index in [1.165, 1.54) is 19.1 Å². The highest BCUT2D eigenvalue weighted by molar-refractivity contribution is 5.67. The molecule has 0 N–H and O–H groups in total. The maximum absolute atomic E-state index is 12.9. The van der Waals surface area contributed by atoms with E-state index in [2.05, 4.69) is 12.8 Å². The van der Waals surface area contributed by atoms with Crippen LogP contribution >= 0.6 is 0 Å². The van der Waals surface area contributed by atoms with E-state index in [9.17, 15) is 9.18 Å². The lowest BCUT2D eigenvalue weighted by atomic mass is 9.89. The Labute approximate surface area is 147 Å². The molecule has 0 aliphatic carbocycles. The Morgan fingerprint density at radius 3 is 2.16 bits per heavy atom. The largest absolute Gasteiger partial charge is 0.457 e. The molecule has 0 aliphatic rings. The summed E-state index contributed by atoms with van der Waals surface area (Å²) in [5.74, 6) is 3.03. The number of hydrogen-bond donors (Lipinski definition) is 0. The van der Waals surface area contributed by atoms with Gasteiger partial charge in [0.2, 0.25) is 0 Å². The standard InChI is InChI=1S/C21H21FO3/c1-4-6-15-21(5-2,25-16(3)23)17-7-11-19(12-8-17)24-20-13-9-18(22)10-14-20/h2,7-14H,4,6,15H2,1,3H3. The van der Waals surface area contributed by atoms with Gasteiger partial charge in [-0.3, -0.25) is 4.79 Å². The van der Waals surface area contributed by atoms with Crippen molar-refractivity contribution in [1.82, 2.24) is 0 Å². The fourth-order valence-electron chi connectivity index (χ4n) is 2.54. The van der Waals surface area contributed by atoms with Crippen molar-refractivity contribution in [2.75, 3.05) is 0 Å². The van der Waals surface area contributed by atoms with Gasteiger partial charge in [0.25, 0.3) is 0 Å². The number of esters is 1. The predicted molar refractivity (Wildman–Crippen MR) is 94.7 cm³/mol. The highest BCUT2D eigenvalue weighted by atomic mass is 19.1. The quantitative estimate of drug-likeness (QED) is 0.513. The van der Waals surface area contributed by atoms with Crippen molar-refractivity contribution in [2.24, 2.45) is 0 Å². The molecular formula is C21H21FO3. The summed E-state index contributed by atoms with van der Waals surface area (Å²) in [4.78, 5) is 11.5. The lowest BCUT2D eigenvalue weighted by molar-refractivity contribution is -0.153. The fraction of sp³-hybridized carbons (Fsp3) is 0.286. The molecule has 0 heterocycles. The molecular weight excluding hydrogens is 319 g/mol. The summed E-state index contributed by atoms with van der Waals surface area (Å²) in [5, 5.41) is 0. The van der Waals surface area contributed by atoms with Crippen LogP contribution in [0.3, 0.4) is 0 Å². The molecule has 0 aromatic heterocycles. The van der Waals surface area contributed by atoms with E-state index in [1.807, 2.05) is 0 Å². The van der Waals surface area contributed by atoms with Crippen LogP contribution in [-0.4, -0.2) is 5.97 Å². The van der Waals surface area contributed by atoms with E-state index in [1.54, 1.807) is 36.4 Å². The summed E-state index contributed by atoms with van der Waals surface area (Å²) < 4.78 is 24.1. The van der Waals surface area contributed by atoms with E-state index in [4.69, 9.17) is 15.9 Å². The Balaban J connectivity index is 2.23. The summed E-state index contributed by atoms with van der Waals surface area (Å²) in [5.41, 5.74) is -0.346. The number of ether oxygens (including phenoxy) is 2. The molecule has 0 saturated heterocycles. The van der Waals surface area contributed by atoms with Crippen molar-refractivity contribution >= 4 is 5.97 Å². The molecule has 130 valence electrons. The number of carbonyl (C=O) groups is 1. The average Bonchev–Trinajstić information content (AvgIpc) is 2.61. The third kappa shape index (κ3) is 4.84. The molecule has 0 bridgehead atoms. The molecule has 0 amide bonds. The zero-order valence-corrected chi connectivity index (χ0v) is 14.4. The second-order valence-electron chi connectivity index (χ2n) is 5.75. The number of benzene rings is 2. The number of terminal acetylenes is 1. The van der Waals surface area contributed by atoms with Gasteiger partial charge < -0.3 is 9.47 Å². The monoisotopic (exact) mass is 340 g/mol. The number of rotatable bonds is 7. The lowest BCUT2D eigenvalue weighted by Gasteiger charge is -2.28. The minimum absolute atomic E-state index is 0.321. The number of hydrogen-bond acceptors (Lipinski definition) is 3. The molecule has 0 saturated carbocycles. The van der Waals surface area contributed by atoms with Crippen LogP contribution in [0.25, 0.3) is 0 Å². The summed E-state index contributed by atoms with van der Waals surface area (Å²) >= 11 is 0. The van der Waals surface area contributed by atoms with Crippen molar-refractivity contribution in [1.29, 1.82) is 0 Å². The normalized spacial score (nSPS) is 12.7. The highest BCUT2D eigenvalue weighted by Crippen LogP contribution is 2.33. The molecule has 2 rings (SSSR count). The van der Waals surface area contributed by atoms with Gasteiger partial charge >= 0.3 is 5.97 Å². The Bertz CT molecular complexity index is 744. The molecule has 0 aliphatic heterocycles. The van der Waals surface area contributed by atoms with E-state index in [0.29, 0.717) is 17.9 Å². The Hall–Kier alpha value is -2.80. The number of halogens is 1. The molecule has 0 radical (unpaired) electrons. The van der Waals surface area contributed by atoms with Crippen LogP contribution in [0.2, 0.25) is 0 Å². The first kappa shape index (κ1) is 18.5. The van der Waals surface area contributed by atoms with Crippen molar-refractivity contribution in [3.8, 4) is 23.8 Å². The summed E-state index contributed by atoms with van der Waals surface area (Å²) in [6.07, 6.45) is 8.04. The topological polar surface area (TPSA) is 35.5 Å². The molecule has 1 unspecified atom stereocenters. The van der Waals surface area contributed by atoms with Gasteiger partial charge in [-0.1, -0.05) is 31.4 Å². The highest BCUT2D eigenvalue weighted by Gasteiger charge is 2.33. The van der Waals surface area contributed by atoms with Crippen molar-refractivity contribution in [2.45, 2.75) is 38.7 Å². The first-order valence-electron chi connectivity index (χ1n) is 8.20. The van der Waals surface area contributed by atoms with E-state index < -0.39 is 11.6 Å². The van der Waals surface area contributed by atoms with E-state index >= 15 is 0 Å². The van der Waals surface area contributed by atoms with Gasteiger partial charge in [-0.05, 0) is 42.8 Å². The first-order valence-corrected chi connectivity index (χ1v) is 8.20. The van der Waals surface area contributed by atoms with Crippen LogP contribution in [0.1, 0.15) is 38.7 Å². The minimum atomic E-state index is -1.07. The second-order valence-corrected chi connectivity index (χ2v) is 5.75. The Morgan fingerprint density at radius 2 is 1.68 bits per heavy atom. The van der Waals surface area contributed by atoms with Crippen LogP contribution in [0.15, 0.2) is 48.5 Å². The SMILES string of the molecule is C#CC(CCCC)(OC(C)=O)c1ccc(Oc2ccc(F)cc2)cc1. The van der Waals surface area contributed by atoms with Crippen LogP contribution in [-0.2, 0) is 15.1 Å². The van der Waals surface area contributed by atoms with Crippen molar-refractivity contribution < 1.29 is 18.7 Å². The molecule has 2 aromatic carbocycles. The van der Waals surface area contributed by atoms with E-state index in [0.717, 1.165) is 18.4 Å². The van der Waals surface area contributed by atoms with Gasteiger partial charge in [0.15, 0.2) is 5.60 Å². The maximum atomic E-state index is 12.9. The Kier molecular flexibility index (Phi) is 6.19. The van der Waals surface area contributed by atoms with Crippen LogP contribution in [0.4, 0.5) is 4.39 Å². The molecule has 1 atom stereocenters. The maximum Gasteiger partial charge on any atom is 0.304 e. The second kappa shape index (κ2) is 8.34. The molecule has 0 spiro atoms. The zero-order chi connectivity index (χ0) is 18.3. The zero-order valence-electron chi connectivity index (χ0n) is 14.4. The average molecular weight is 340 g/mol. The van der Waals surface area contributed by atoms with Crippen LogP contribution < -0.4 is 4.74 Å². The smallest absolute Gasteiger partial charge is 0.304 e. The summed E-state index contributed by atoms with van der Waals surface area (Å²) in [6.45, 7) is 3.40. The van der Waals surface area contributed by atoms with Gasteiger partial charge in [0.1, 0.15) is 17.3 Å². The van der Waals surface area contributed by atoms with Gasteiger partial charge in [-0.2, -0.15) is 0 Å². The van der Waals surface area contributed by atoms with E-state index in [-0.39, 0.29) is 5.82 Å². The molecule has 25 heavy (non-hydrogen) atoms. The third-order valence-corrected chi connectivity index (χ3v) is 3.80. The summed E-state index contributed by atoms with van der Waals surface area (Å²) in [7, 11) is 0. The number of carbonyl (C=O) groups excluding carboxylic acids is 1. The molecule has 2 aromatic rings. The van der Waals surface area contributed by atoms with Crippen molar-refractivity contribution in [3.05, 3.63) is 59.9 Å². The first-order chi connectivity index (χ1) is 12.0. The lowest BCUT2D eigenvalue weighted by Crippen LogP contribution is -2.30. The fourth-order valence-corrected chi connectivity index (χ4v) is 2.54. The minimum Gasteiger partial charge on any atom is -0.457 e. The summed E-state index contributed by atoms with van der Waals surface area (Å²) in [6, 6.07) is 12.8. The van der Waals surface area contributed by atoms with Crippen LogP contribution in [0.5, 0.6) is 11.5 Å². The molecule has 3 nitrogen and oxygen atoms in total. The van der Waals surface area contributed by atoms with Gasteiger partial charge in [-0.15, -0.1) is 6.42 Å². The van der Waals surface area contributed by atoms with Gasteiger partial charge in [0.05, 0.1) is 0 Å². The van der Waals surface area contributed by atoms with Crippen molar-refractivity contribution in [3.63, 3.8) is 0 Å².